The summed E-state index contributed by atoms with van der Waals surface area (Å²) in [7, 11) is -1.22. The van der Waals surface area contributed by atoms with Crippen LogP contribution < -0.4 is 9.46 Å². The second-order valence-electron chi connectivity index (χ2n) is 5.89. The third-order valence-electron chi connectivity index (χ3n) is 4.22. The van der Waals surface area contributed by atoms with Crippen LogP contribution in [0.15, 0.2) is 23.1 Å². The Labute approximate surface area is 137 Å². The molecule has 1 aromatic rings. The number of methoxy groups -OCH3 is 2. The second kappa shape index (κ2) is 6.88. The number of aryl methyl sites for hydroxylation is 1. The van der Waals surface area contributed by atoms with Crippen LogP contribution >= 0.6 is 0 Å². The molecule has 0 aromatic heterocycles. The molecule has 0 heterocycles. The average molecular weight is 341 g/mol. The number of nitrogens with one attached hydrogen (secondary N) is 1. The summed E-state index contributed by atoms with van der Waals surface area (Å²) in [6.45, 7) is 1.80. The van der Waals surface area contributed by atoms with Crippen molar-refractivity contribution < 1.29 is 22.7 Å². The first-order valence-corrected chi connectivity index (χ1v) is 9.10. The van der Waals surface area contributed by atoms with Crippen molar-refractivity contribution in [3.05, 3.63) is 23.8 Å². The number of ether oxygens (including phenoxy) is 2. The highest BCUT2D eigenvalue weighted by Crippen LogP contribution is 2.33. The molecule has 0 saturated heterocycles. The van der Waals surface area contributed by atoms with E-state index in [-0.39, 0.29) is 10.6 Å². The van der Waals surface area contributed by atoms with Crippen molar-refractivity contribution >= 4 is 16.0 Å². The van der Waals surface area contributed by atoms with Crippen LogP contribution in [0.3, 0.4) is 0 Å². The van der Waals surface area contributed by atoms with E-state index in [2.05, 4.69) is 4.72 Å². The number of carbonyl (C=O) groups is 1. The van der Waals surface area contributed by atoms with Gasteiger partial charge in [0, 0.05) is 0 Å². The molecule has 1 fully saturated rings. The summed E-state index contributed by atoms with van der Waals surface area (Å²) >= 11 is 0. The first kappa shape index (κ1) is 17.7. The molecule has 6 nitrogen and oxygen atoms in total. The molecule has 0 radical (unpaired) electrons. The van der Waals surface area contributed by atoms with Crippen molar-refractivity contribution in [2.45, 2.75) is 49.5 Å². The van der Waals surface area contributed by atoms with Gasteiger partial charge in [0.15, 0.2) is 0 Å². The molecule has 1 saturated carbocycles. The summed E-state index contributed by atoms with van der Waals surface area (Å²) in [4.78, 5) is 12.3. The summed E-state index contributed by atoms with van der Waals surface area (Å²) in [5.41, 5.74) is -0.400. The zero-order valence-corrected chi connectivity index (χ0v) is 14.5. The van der Waals surface area contributed by atoms with Gasteiger partial charge in [0.05, 0.1) is 14.2 Å². The van der Waals surface area contributed by atoms with E-state index in [1.54, 1.807) is 19.1 Å². The fraction of sp³-hybridized carbons (Fsp3) is 0.562. The van der Waals surface area contributed by atoms with E-state index in [0.717, 1.165) is 24.8 Å². The minimum absolute atomic E-state index is 0.0360. The third kappa shape index (κ3) is 3.67. The summed E-state index contributed by atoms with van der Waals surface area (Å²) < 4.78 is 38.3. The number of hydrogen-bond acceptors (Lipinski definition) is 5. The molecule has 0 atom stereocenters. The molecule has 0 aliphatic heterocycles. The van der Waals surface area contributed by atoms with Crippen molar-refractivity contribution in [3.8, 4) is 5.75 Å². The molecular formula is C16H23NO5S. The second-order valence-corrected chi connectivity index (χ2v) is 7.54. The molecule has 0 bridgehead atoms. The van der Waals surface area contributed by atoms with Crippen LogP contribution in [0, 0.1) is 6.92 Å². The van der Waals surface area contributed by atoms with Crippen LogP contribution in [-0.2, 0) is 19.6 Å². The summed E-state index contributed by atoms with van der Waals surface area (Å²) in [5.74, 6) is -0.286. The number of esters is 1. The average Bonchev–Trinajstić information content (AvgIpc) is 2.54. The Morgan fingerprint density at radius 3 is 2.39 bits per heavy atom. The van der Waals surface area contributed by atoms with E-state index in [1.165, 1.54) is 20.3 Å². The molecule has 1 aliphatic rings. The van der Waals surface area contributed by atoms with Gasteiger partial charge in [-0.15, -0.1) is 0 Å². The fourth-order valence-corrected chi connectivity index (χ4v) is 4.67. The van der Waals surface area contributed by atoms with Gasteiger partial charge in [-0.05, 0) is 37.5 Å². The van der Waals surface area contributed by atoms with Crippen LogP contribution in [0.5, 0.6) is 5.75 Å². The highest BCUT2D eigenvalue weighted by molar-refractivity contribution is 7.89. The van der Waals surface area contributed by atoms with Crippen molar-refractivity contribution in [2.24, 2.45) is 0 Å². The molecule has 23 heavy (non-hydrogen) atoms. The Balaban J connectivity index is 2.43. The van der Waals surface area contributed by atoms with Gasteiger partial charge >= 0.3 is 5.97 Å². The highest BCUT2D eigenvalue weighted by Gasteiger charge is 2.44. The summed E-state index contributed by atoms with van der Waals surface area (Å²) in [6.07, 6.45) is 3.42. The van der Waals surface area contributed by atoms with Gasteiger partial charge in [0.25, 0.3) is 0 Å². The summed E-state index contributed by atoms with van der Waals surface area (Å²) in [5, 5.41) is 0. The van der Waals surface area contributed by atoms with E-state index in [9.17, 15) is 13.2 Å². The Morgan fingerprint density at radius 2 is 1.83 bits per heavy atom. The maximum Gasteiger partial charge on any atom is 0.327 e. The monoisotopic (exact) mass is 341 g/mol. The SMILES string of the molecule is COC(=O)C1(NS(=O)(=O)c2cc(C)ccc2OC)CCCCC1. The molecule has 1 N–H and O–H groups in total. The number of sulfonamides is 1. The lowest BCUT2D eigenvalue weighted by atomic mass is 9.83. The predicted octanol–water partition coefficient (Wildman–Crippen LogP) is 2.16. The molecule has 7 heteroatoms. The van der Waals surface area contributed by atoms with E-state index < -0.39 is 21.5 Å². The fourth-order valence-electron chi connectivity index (χ4n) is 3.00. The van der Waals surface area contributed by atoms with E-state index in [1.807, 2.05) is 0 Å². The van der Waals surface area contributed by atoms with Gasteiger partial charge in [-0.2, -0.15) is 4.72 Å². The van der Waals surface area contributed by atoms with Crippen molar-refractivity contribution in [1.82, 2.24) is 4.72 Å². The molecular weight excluding hydrogens is 318 g/mol. The largest absolute Gasteiger partial charge is 0.495 e. The van der Waals surface area contributed by atoms with Crippen LogP contribution in [-0.4, -0.2) is 34.1 Å². The molecule has 2 rings (SSSR count). The first-order valence-electron chi connectivity index (χ1n) is 7.62. The lowest BCUT2D eigenvalue weighted by Crippen LogP contribution is -2.56. The van der Waals surface area contributed by atoms with Crippen LogP contribution in [0.1, 0.15) is 37.7 Å². The van der Waals surface area contributed by atoms with Crippen LogP contribution in [0.2, 0.25) is 0 Å². The zero-order valence-electron chi connectivity index (χ0n) is 13.7. The molecule has 1 aromatic carbocycles. The van der Waals surface area contributed by atoms with Crippen LogP contribution in [0.25, 0.3) is 0 Å². The Hall–Kier alpha value is -1.60. The minimum atomic E-state index is -3.91. The van der Waals surface area contributed by atoms with Gasteiger partial charge in [-0.1, -0.05) is 25.3 Å². The zero-order chi connectivity index (χ0) is 17.1. The van der Waals surface area contributed by atoms with Gasteiger partial charge < -0.3 is 9.47 Å². The highest BCUT2D eigenvalue weighted by atomic mass is 32.2. The topological polar surface area (TPSA) is 81.7 Å². The molecule has 1 aliphatic carbocycles. The maximum atomic E-state index is 12.9. The molecule has 128 valence electrons. The van der Waals surface area contributed by atoms with Gasteiger partial charge in [-0.3, -0.25) is 4.79 Å². The quantitative estimate of drug-likeness (QED) is 0.830. The van der Waals surface area contributed by atoms with Gasteiger partial charge in [0.1, 0.15) is 16.2 Å². The van der Waals surface area contributed by atoms with Gasteiger partial charge in [0.2, 0.25) is 10.0 Å². The lowest BCUT2D eigenvalue weighted by molar-refractivity contribution is -0.149. The first-order chi connectivity index (χ1) is 10.8. The third-order valence-corrected chi connectivity index (χ3v) is 5.78. The number of hydrogen-bond donors (Lipinski definition) is 1. The Kier molecular flexibility index (Phi) is 5.31. The lowest BCUT2D eigenvalue weighted by Gasteiger charge is -2.34. The van der Waals surface area contributed by atoms with Crippen molar-refractivity contribution in [3.63, 3.8) is 0 Å². The van der Waals surface area contributed by atoms with Crippen molar-refractivity contribution in [2.75, 3.05) is 14.2 Å². The predicted molar refractivity (Wildman–Crippen MR) is 85.9 cm³/mol. The van der Waals surface area contributed by atoms with Crippen molar-refractivity contribution in [1.29, 1.82) is 0 Å². The standard InChI is InChI=1S/C16H23NO5S/c1-12-7-8-13(21-2)14(11-12)23(19,20)17-16(15(18)22-3)9-5-4-6-10-16/h7-8,11,17H,4-6,9-10H2,1-3H3. The number of benzene rings is 1. The smallest absolute Gasteiger partial charge is 0.327 e. The van der Waals surface area contributed by atoms with Gasteiger partial charge in [-0.25, -0.2) is 8.42 Å². The Morgan fingerprint density at radius 1 is 1.17 bits per heavy atom. The maximum absolute atomic E-state index is 12.9. The van der Waals surface area contributed by atoms with Crippen LogP contribution in [0.4, 0.5) is 0 Å². The molecule has 0 amide bonds. The van der Waals surface area contributed by atoms with E-state index in [4.69, 9.17) is 9.47 Å². The minimum Gasteiger partial charge on any atom is -0.495 e. The Bertz CT molecular complexity index is 678. The number of rotatable bonds is 5. The normalized spacial score (nSPS) is 17.5. The van der Waals surface area contributed by atoms with E-state index in [0.29, 0.717) is 12.8 Å². The van der Waals surface area contributed by atoms with E-state index >= 15 is 0 Å². The number of carbonyl (C=O) groups excluding carboxylic acids is 1. The molecule has 0 unspecified atom stereocenters. The summed E-state index contributed by atoms with van der Waals surface area (Å²) in [6, 6.07) is 4.92. The molecule has 0 spiro atoms.